The molecular formula is C14H15NO2. The van der Waals surface area contributed by atoms with Crippen molar-refractivity contribution < 1.29 is 9.90 Å². The molecule has 1 aromatic heterocycles. The number of para-hydroxylation sites is 1. The van der Waals surface area contributed by atoms with Gasteiger partial charge in [0.25, 0.3) is 0 Å². The molecule has 0 fully saturated rings. The van der Waals surface area contributed by atoms with Crippen molar-refractivity contribution >= 4 is 16.9 Å². The van der Waals surface area contributed by atoms with E-state index < -0.39 is 5.97 Å². The maximum atomic E-state index is 10.9. The minimum atomic E-state index is -0.807. The summed E-state index contributed by atoms with van der Waals surface area (Å²) >= 11 is 0. The Hall–Kier alpha value is -1.90. The summed E-state index contributed by atoms with van der Waals surface area (Å²) in [5.74, 6) is -0.807. The van der Waals surface area contributed by atoms with E-state index in [1.54, 1.807) is 0 Å². The van der Waals surface area contributed by atoms with Crippen LogP contribution in [0.15, 0.2) is 24.3 Å². The molecule has 0 atom stereocenters. The van der Waals surface area contributed by atoms with E-state index in [0.717, 1.165) is 34.1 Å². The maximum absolute atomic E-state index is 10.9. The first-order valence-electron chi connectivity index (χ1n) is 5.71. The van der Waals surface area contributed by atoms with Crippen molar-refractivity contribution in [1.82, 2.24) is 4.98 Å². The van der Waals surface area contributed by atoms with Gasteiger partial charge in [0, 0.05) is 11.1 Å². The van der Waals surface area contributed by atoms with Crippen molar-refractivity contribution in [2.24, 2.45) is 0 Å². The Bertz CT molecular complexity index is 576. The normalized spacial score (nSPS) is 10.7. The number of carboxylic acid groups (broad SMARTS) is 1. The predicted octanol–water partition coefficient (Wildman–Crippen LogP) is 2.73. The van der Waals surface area contributed by atoms with Crippen LogP contribution in [0.3, 0.4) is 0 Å². The van der Waals surface area contributed by atoms with Crippen molar-refractivity contribution in [3.63, 3.8) is 0 Å². The Morgan fingerprint density at radius 2 is 2.12 bits per heavy atom. The summed E-state index contributed by atoms with van der Waals surface area (Å²) in [5.41, 5.74) is 3.81. The molecule has 2 rings (SSSR count). The molecule has 1 aromatic carbocycles. The summed E-state index contributed by atoms with van der Waals surface area (Å²) in [7, 11) is 0. The third kappa shape index (κ3) is 2.28. The van der Waals surface area contributed by atoms with Gasteiger partial charge >= 0.3 is 5.97 Å². The highest BCUT2D eigenvalue weighted by Crippen LogP contribution is 2.22. The first-order valence-corrected chi connectivity index (χ1v) is 5.71. The Morgan fingerprint density at radius 3 is 2.76 bits per heavy atom. The average Bonchev–Trinajstić information content (AvgIpc) is 2.27. The Kier molecular flexibility index (Phi) is 3.09. The maximum Gasteiger partial charge on any atom is 0.307 e. The lowest BCUT2D eigenvalue weighted by Gasteiger charge is -2.09. The van der Waals surface area contributed by atoms with Gasteiger partial charge in [-0.1, -0.05) is 25.1 Å². The summed E-state index contributed by atoms with van der Waals surface area (Å²) in [6.45, 7) is 3.98. The average molecular weight is 229 g/mol. The van der Waals surface area contributed by atoms with E-state index in [-0.39, 0.29) is 6.42 Å². The Labute approximate surface area is 100 Å². The highest BCUT2D eigenvalue weighted by molar-refractivity contribution is 5.88. The molecule has 0 radical (unpaired) electrons. The van der Waals surface area contributed by atoms with Gasteiger partial charge < -0.3 is 5.11 Å². The van der Waals surface area contributed by atoms with Crippen LogP contribution in [0.2, 0.25) is 0 Å². The van der Waals surface area contributed by atoms with Crippen LogP contribution in [0.25, 0.3) is 10.9 Å². The summed E-state index contributed by atoms with van der Waals surface area (Å²) in [6, 6.07) is 7.80. The number of rotatable bonds is 3. The lowest BCUT2D eigenvalue weighted by atomic mass is 10.0. The molecule has 17 heavy (non-hydrogen) atoms. The number of carbonyl (C=O) groups is 1. The molecule has 0 spiro atoms. The van der Waals surface area contributed by atoms with E-state index in [1.165, 1.54) is 0 Å². The van der Waals surface area contributed by atoms with Crippen LogP contribution in [-0.2, 0) is 17.6 Å². The van der Waals surface area contributed by atoms with Gasteiger partial charge in [-0.15, -0.1) is 0 Å². The number of nitrogens with zero attached hydrogens (tertiary/aromatic N) is 1. The second-order valence-electron chi connectivity index (χ2n) is 4.16. The van der Waals surface area contributed by atoms with Gasteiger partial charge in [0.05, 0.1) is 11.9 Å². The first kappa shape index (κ1) is 11.6. The quantitative estimate of drug-likeness (QED) is 0.880. The highest BCUT2D eigenvalue weighted by Gasteiger charge is 2.09. The fourth-order valence-corrected chi connectivity index (χ4v) is 2.12. The van der Waals surface area contributed by atoms with Crippen molar-refractivity contribution in [1.29, 1.82) is 0 Å². The van der Waals surface area contributed by atoms with Crippen molar-refractivity contribution in [3.05, 3.63) is 41.1 Å². The van der Waals surface area contributed by atoms with Gasteiger partial charge in [-0.3, -0.25) is 9.78 Å². The molecule has 0 unspecified atom stereocenters. The molecule has 0 aliphatic rings. The fraction of sp³-hybridized carbons (Fsp3) is 0.286. The summed E-state index contributed by atoms with van der Waals surface area (Å²) < 4.78 is 0. The topological polar surface area (TPSA) is 50.2 Å². The second-order valence-corrected chi connectivity index (χ2v) is 4.16. The molecule has 0 amide bonds. The van der Waals surface area contributed by atoms with Gasteiger partial charge in [-0.2, -0.15) is 0 Å². The summed E-state index contributed by atoms with van der Waals surface area (Å²) in [4.78, 5) is 15.4. The first-order chi connectivity index (χ1) is 8.11. The van der Waals surface area contributed by atoms with Crippen molar-refractivity contribution in [3.8, 4) is 0 Å². The smallest absolute Gasteiger partial charge is 0.307 e. The number of pyridine rings is 1. The van der Waals surface area contributed by atoms with Crippen molar-refractivity contribution in [2.75, 3.05) is 0 Å². The third-order valence-corrected chi connectivity index (χ3v) is 2.86. The van der Waals surface area contributed by atoms with Gasteiger partial charge in [0.2, 0.25) is 0 Å². The number of benzene rings is 1. The van der Waals surface area contributed by atoms with E-state index >= 15 is 0 Å². The summed E-state index contributed by atoms with van der Waals surface area (Å²) in [5, 5.41) is 9.88. The van der Waals surface area contributed by atoms with Crippen LogP contribution >= 0.6 is 0 Å². The van der Waals surface area contributed by atoms with Crippen LogP contribution < -0.4 is 0 Å². The molecule has 3 heteroatoms. The molecule has 2 aromatic rings. The van der Waals surface area contributed by atoms with Crippen LogP contribution in [0, 0.1) is 6.92 Å². The molecular weight excluding hydrogens is 214 g/mol. The second kappa shape index (κ2) is 4.53. The Morgan fingerprint density at radius 1 is 1.35 bits per heavy atom. The number of hydrogen-bond acceptors (Lipinski definition) is 2. The van der Waals surface area contributed by atoms with Crippen LogP contribution in [-0.4, -0.2) is 16.1 Å². The number of aliphatic carboxylic acids is 1. The number of aromatic nitrogens is 1. The monoisotopic (exact) mass is 229 g/mol. The van der Waals surface area contributed by atoms with E-state index in [4.69, 9.17) is 5.11 Å². The van der Waals surface area contributed by atoms with E-state index in [9.17, 15) is 4.79 Å². The number of fused-ring (bicyclic) bond motifs is 1. The Balaban J connectivity index is 2.71. The van der Waals surface area contributed by atoms with Crippen LogP contribution in [0.5, 0.6) is 0 Å². The standard InChI is InChI=1S/C14H15NO2/c1-3-10-5-4-6-12-11(8-13(16)17)7-9(2)15-14(10)12/h4-7H,3,8H2,1-2H3,(H,16,17). The molecule has 88 valence electrons. The molecule has 1 heterocycles. The molecule has 1 N–H and O–H groups in total. The minimum absolute atomic E-state index is 0.0486. The molecule has 0 saturated heterocycles. The lowest BCUT2D eigenvalue weighted by Crippen LogP contribution is -2.03. The summed E-state index contributed by atoms with van der Waals surface area (Å²) in [6.07, 6.45) is 0.952. The zero-order valence-corrected chi connectivity index (χ0v) is 10.0. The van der Waals surface area contributed by atoms with E-state index in [0.29, 0.717) is 0 Å². The van der Waals surface area contributed by atoms with Gasteiger partial charge in [-0.25, -0.2) is 0 Å². The lowest BCUT2D eigenvalue weighted by molar-refractivity contribution is -0.136. The molecule has 3 nitrogen and oxygen atoms in total. The molecule has 0 saturated carbocycles. The largest absolute Gasteiger partial charge is 0.481 e. The van der Waals surface area contributed by atoms with Gasteiger partial charge in [0.15, 0.2) is 0 Å². The van der Waals surface area contributed by atoms with E-state index in [2.05, 4.69) is 11.9 Å². The zero-order valence-electron chi connectivity index (χ0n) is 10.0. The number of carboxylic acids is 1. The minimum Gasteiger partial charge on any atom is -0.481 e. The van der Waals surface area contributed by atoms with E-state index in [1.807, 2.05) is 31.2 Å². The fourth-order valence-electron chi connectivity index (χ4n) is 2.12. The molecule has 0 aliphatic carbocycles. The molecule has 0 bridgehead atoms. The van der Waals surface area contributed by atoms with Gasteiger partial charge in [-0.05, 0) is 30.5 Å². The molecule has 0 aliphatic heterocycles. The number of hydrogen-bond donors (Lipinski definition) is 1. The predicted molar refractivity (Wildman–Crippen MR) is 67.2 cm³/mol. The van der Waals surface area contributed by atoms with Gasteiger partial charge in [0.1, 0.15) is 0 Å². The zero-order chi connectivity index (χ0) is 12.4. The SMILES string of the molecule is CCc1cccc2c(CC(=O)O)cc(C)nc12. The third-order valence-electron chi connectivity index (χ3n) is 2.86. The van der Waals surface area contributed by atoms with Crippen molar-refractivity contribution in [2.45, 2.75) is 26.7 Å². The van der Waals surface area contributed by atoms with Crippen LogP contribution in [0.4, 0.5) is 0 Å². The van der Waals surface area contributed by atoms with Crippen LogP contribution in [0.1, 0.15) is 23.7 Å². The highest BCUT2D eigenvalue weighted by atomic mass is 16.4. The number of aryl methyl sites for hydroxylation is 2.